The summed E-state index contributed by atoms with van der Waals surface area (Å²) in [6.45, 7) is 3.17. The first kappa shape index (κ1) is 50.7. The third-order valence-corrected chi connectivity index (χ3v) is 15.2. The Hall–Kier alpha value is -0.290. The van der Waals surface area contributed by atoms with Gasteiger partial charge in [0.2, 0.25) is 0 Å². The molecule has 0 aromatic rings. The molecule has 0 aromatic heterocycles. The van der Waals surface area contributed by atoms with Crippen LogP contribution < -0.4 is 0 Å². The minimum Gasteiger partial charge on any atom is -0.394 e. The fraction of sp³-hybridized carbons (Fsp3) is 0.949. The number of unbranched alkanes of at least 4 members (excludes halogenated alkanes) is 23. The predicted molar refractivity (Wildman–Crippen MR) is 215 cm³/mol. The van der Waals surface area contributed by atoms with Crippen molar-refractivity contribution in [1.29, 1.82) is 0 Å². The Morgan fingerprint density at radius 1 is 0.608 bits per heavy atom. The van der Waals surface area contributed by atoms with Crippen LogP contribution in [0.2, 0.25) is 0 Å². The molecule has 51 heavy (non-hydrogen) atoms. The van der Waals surface area contributed by atoms with Crippen LogP contribution in [0, 0.1) is 0 Å². The van der Waals surface area contributed by atoms with E-state index < -0.39 is 63.8 Å². The van der Waals surface area contributed by atoms with Gasteiger partial charge in [-0.2, -0.15) is 0 Å². The molecular weight excluding hydrogens is 708 g/mol. The minimum atomic E-state index is -4.30. The second-order valence-electron chi connectivity index (χ2n) is 14.7. The van der Waals surface area contributed by atoms with Crippen molar-refractivity contribution in [3.05, 3.63) is 12.2 Å². The topological polar surface area (TPSA) is 155 Å². The molecular formula is C39H79O9PS2. The average molecular weight is 787 g/mol. The first-order valence-electron chi connectivity index (χ1n) is 20.7. The monoisotopic (exact) mass is 786 g/mol. The number of allylic oxidation sites excluding steroid dienone is 2. The Morgan fingerprint density at radius 2 is 1.00 bits per heavy atom. The van der Waals surface area contributed by atoms with Crippen LogP contribution in [0.25, 0.3) is 0 Å². The van der Waals surface area contributed by atoms with Crippen LogP contribution in [0.3, 0.4) is 0 Å². The van der Waals surface area contributed by atoms with Crippen molar-refractivity contribution in [2.75, 3.05) is 36.6 Å². The molecule has 0 aliphatic heterocycles. The van der Waals surface area contributed by atoms with Gasteiger partial charge in [0, 0.05) is 0 Å². The molecule has 0 aliphatic carbocycles. The molecule has 0 bridgehead atoms. The minimum absolute atomic E-state index is 0.120. The van der Waals surface area contributed by atoms with E-state index >= 15 is 0 Å². The number of aliphatic hydroxyl groups is 2. The summed E-state index contributed by atoms with van der Waals surface area (Å²) in [7, 11) is -12.0. The van der Waals surface area contributed by atoms with Gasteiger partial charge in [-0.1, -0.05) is 154 Å². The van der Waals surface area contributed by atoms with E-state index in [2.05, 4.69) is 26.0 Å². The van der Waals surface area contributed by atoms with Crippen LogP contribution in [-0.4, -0.2) is 79.9 Å². The van der Waals surface area contributed by atoms with Crippen LogP contribution in [0.5, 0.6) is 0 Å². The highest BCUT2D eigenvalue weighted by atomic mass is 32.2. The standard InChI is InChI=1S/C39H79O9PS2/c1-3-5-7-9-11-13-15-17-19-21-23-25-27-29-33-50(44,45)37-39(36-48-49(42,43)32-31-38(41)35-40)51(46,47)34-30-28-26-24-22-20-18-16-14-12-10-8-6-4-2/h14,16,38-41H,3-13,15,17-37H2,1-2H3,(H,42,43)/b16-14+. The third kappa shape index (κ3) is 32.8. The molecule has 9 nitrogen and oxygen atoms in total. The Labute approximate surface area is 314 Å². The zero-order chi connectivity index (χ0) is 38.1. The Bertz CT molecular complexity index is 1080. The molecule has 0 fully saturated rings. The van der Waals surface area contributed by atoms with Crippen molar-refractivity contribution in [2.24, 2.45) is 0 Å². The van der Waals surface area contributed by atoms with Gasteiger partial charge in [-0.3, -0.25) is 4.57 Å². The highest BCUT2D eigenvalue weighted by Gasteiger charge is 2.33. The lowest BCUT2D eigenvalue weighted by Crippen LogP contribution is -2.36. The van der Waals surface area contributed by atoms with Gasteiger partial charge in [-0.15, -0.1) is 0 Å². The molecule has 0 amide bonds. The highest BCUT2D eigenvalue weighted by Crippen LogP contribution is 2.43. The molecule has 3 unspecified atom stereocenters. The maximum absolute atomic E-state index is 13.4. The first-order valence-corrected chi connectivity index (χ1v) is 26.0. The quantitative estimate of drug-likeness (QED) is 0.0314. The molecule has 0 saturated carbocycles. The number of rotatable bonds is 39. The van der Waals surface area contributed by atoms with Gasteiger partial charge in [-0.05, 0) is 44.9 Å². The summed E-state index contributed by atoms with van der Waals surface area (Å²) >= 11 is 0. The molecule has 0 aromatic carbocycles. The molecule has 12 heteroatoms. The number of hydrogen-bond acceptors (Lipinski definition) is 8. The molecule has 0 heterocycles. The van der Waals surface area contributed by atoms with Crippen molar-refractivity contribution >= 4 is 27.3 Å². The van der Waals surface area contributed by atoms with Gasteiger partial charge in [0.05, 0.1) is 48.0 Å². The lowest BCUT2D eigenvalue weighted by molar-refractivity contribution is 0.0912. The zero-order valence-corrected chi connectivity index (χ0v) is 35.2. The number of sulfone groups is 2. The van der Waals surface area contributed by atoms with Crippen LogP contribution in [0.1, 0.15) is 187 Å². The lowest BCUT2D eigenvalue weighted by Gasteiger charge is -2.20. The van der Waals surface area contributed by atoms with Crippen molar-refractivity contribution < 1.29 is 41.0 Å². The summed E-state index contributed by atoms with van der Waals surface area (Å²) < 4.78 is 70.5. The van der Waals surface area contributed by atoms with Crippen molar-refractivity contribution in [3.63, 3.8) is 0 Å². The van der Waals surface area contributed by atoms with E-state index in [-0.39, 0.29) is 17.9 Å². The molecule has 3 N–H and O–H groups in total. The van der Waals surface area contributed by atoms with Gasteiger partial charge in [0.25, 0.3) is 0 Å². The normalized spacial score (nSPS) is 15.0. The fourth-order valence-corrected chi connectivity index (χ4v) is 11.6. The Morgan fingerprint density at radius 3 is 1.45 bits per heavy atom. The summed E-state index contributed by atoms with van der Waals surface area (Å²) in [5.41, 5.74) is 0. The SMILES string of the molecule is CCCCCC/C=C/CCCCCCCCS(=O)(=O)C(COP(=O)(O)CCC(O)CO)CS(=O)(=O)CCCCCCCCCCCCCCCC. The molecule has 0 aliphatic rings. The molecule has 0 saturated heterocycles. The van der Waals surface area contributed by atoms with E-state index in [1.807, 2.05) is 0 Å². The van der Waals surface area contributed by atoms with Gasteiger partial charge >= 0.3 is 7.60 Å². The average Bonchev–Trinajstić information content (AvgIpc) is 3.09. The second kappa shape index (κ2) is 33.1. The van der Waals surface area contributed by atoms with Gasteiger partial charge in [-0.25, -0.2) is 16.8 Å². The van der Waals surface area contributed by atoms with E-state index in [4.69, 9.17) is 9.63 Å². The fourth-order valence-electron chi connectivity index (χ4n) is 6.17. The van der Waals surface area contributed by atoms with Crippen LogP contribution in [0.4, 0.5) is 0 Å². The van der Waals surface area contributed by atoms with E-state index in [1.54, 1.807) is 0 Å². The van der Waals surface area contributed by atoms with E-state index in [9.17, 15) is 31.4 Å². The van der Waals surface area contributed by atoms with Gasteiger partial charge in [0.15, 0.2) is 19.7 Å². The molecule has 0 spiro atoms. The third-order valence-electron chi connectivity index (χ3n) is 9.62. The molecule has 3 atom stereocenters. The summed E-state index contributed by atoms with van der Waals surface area (Å²) in [5.74, 6) is -0.959. The van der Waals surface area contributed by atoms with Crippen molar-refractivity contribution in [1.82, 2.24) is 0 Å². The Kier molecular flexibility index (Phi) is 32.9. The number of aliphatic hydroxyl groups excluding tert-OH is 2. The van der Waals surface area contributed by atoms with Crippen LogP contribution >= 0.6 is 7.60 Å². The van der Waals surface area contributed by atoms with Crippen molar-refractivity contribution in [2.45, 2.75) is 199 Å². The summed E-state index contributed by atoms with van der Waals surface area (Å²) in [4.78, 5) is 10.2. The maximum Gasteiger partial charge on any atom is 0.328 e. The summed E-state index contributed by atoms with van der Waals surface area (Å²) in [6, 6.07) is 0. The molecule has 306 valence electrons. The molecule has 0 radical (unpaired) electrons. The van der Waals surface area contributed by atoms with Crippen molar-refractivity contribution in [3.8, 4) is 0 Å². The first-order chi connectivity index (χ1) is 24.4. The molecule has 0 rings (SSSR count). The van der Waals surface area contributed by atoms with Crippen LogP contribution in [-0.2, 0) is 28.8 Å². The largest absolute Gasteiger partial charge is 0.394 e. The zero-order valence-electron chi connectivity index (χ0n) is 32.7. The highest BCUT2D eigenvalue weighted by molar-refractivity contribution is 7.95. The maximum atomic E-state index is 13.4. The smallest absolute Gasteiger partial charge is 0.328 e. The van der Waals surface area contributed by atoms with E-state index in [0.29, 0.717) is 19.3 Å². The van der Waals surface area contributed by atoms with E-state index in [1.165, 1.54) is 83.5 Å². The number of hydrogen-bond donors (Lipinski definition) is 3. The summed E-state index contributed by atoms with van der Waals surface area (Å²) in [5, 5.41) is 17.1. The summed E-state index contributed by atoms with van der Waals surface area (Å²) in [6.07, 6.45) is 31.2. The van der Waals surface area contributed by atoms with Gasteiger partial charge < -0.3 is 19.6 Å². The van der Waals surface area contributed by atoms with Gasteiger partial charge in [0.1, 0.15) is 0 Å². The Balaban J connectivity index is 4.68. The lowest BCUT2D eigenvalue weighted by atomic mass is 10.0. The predicted octanol–water partition coefficient (Wildman–Crippen LogP) is 9.87. The second-order valence-corrected chi connectivity index (χ2v) is 21.3. The van der Waals surface area contributed by atoms with E-state index in [0.717, 1.165) is 64.2 Å². The van der Waals surface area contributed by atoms with Crippen LogP contribution in [0.15, 0.2) is 12.2 Å².